The Morgan fingerprint density at radius 3 is 2.28 bits per heavy atom. The van der Waals surface area contributed by atoms with E-state index in [1.165, 1.54) is 6.07 Å². The second-order valence-electron chi connectivity index (χ2n) is 7.47. The highest BCUT2D eigenvalue weighted by Crippen LogP contribution is 2.37. The molecule has 2 aromatic rings. The molecule has 2 rings (SSSR count). The number of anilines is 1. The Morgan fingerprint density at radius 2 is 1.72 bits per heavy atom. The third-order valence-corrected chi connectivity index (χ3v) is 6.50. The number of hydrogen-bond donors (Lipinski definition) is 1. The quantitative estimate of drug-likeness (QED) is 0.337. The highest BCUT2D eigenvalue weighted by Gasteiger charge is 2.20. The van der Waals surface area contributed by atoms with Crippen molar-refractivity contribution in [2.75, 3.05) is 5.32 Å². The predicted octanol–water partition coefficient (Wildman–Crippen LogP) is 7.56. The van der Waals surface area contributed by atoms with Crippen LogP contribution in [0.5, 0.6) is 0 Å². The molecule has 0 bridgehead atoms. The van der Waals surface area contributed by atoms with Gasteiger partial charge < -0.3 is 5.32 Å². The molecule has 0 aliphatic carbocycles. The maximum atomic E-state index is 13.4. The van der Waals surface area contributed by atoms with Crippen LogP contribution in [-0.4, -0.2) is 11.2 Å². The molecule has 0 heterocycles. The number of amides is 1. The SMILES string of the molecule is CCC(CC(C)C)C(C)Sc1cc(C(=O)Nc2cc(F)c(F)c(F)c2)ccc1Cl. The molecular formula is C22H25ClF3NOS. The molecule has 0 aromatic heterocycles. The lowest BCUT2D eigenvalue weighted by molar-refractivity contribution is 0.102. The van der Waals surface area contributed by atoms with E-state index in [1.54, 1.807) is 23.9 Å². The summed E-state index contributed by atoms with van der Waals surface area (Å²) in [5.74, 6) is -3.76. The summed E-state index contributed by atoms with van der Waals surface area (Å²) < 4.78 is 39.8. The molecule has 1 N–H and O–H groups in total. The van der Waals surface area contributed by atoms with Gasteiger partial charge in [0.1, 0.15) is 0 Å². The van der Waals surface area contributed by atoms with E-state index in [4.69, 9.17) is 11.6 Å². The second-order valence-corrected chi connectivity index (χ2v) is 9.30. The molecule has 2 aromatic carbocycles. The van der Waals surface area contributed by atoms with Crippen LogP contribution in [0.25, 0.3) is 0 Å². The lowest BCUT2D eigenvalue weighted by Crippen LogP contribution is -2.16. The Kier molecular flexibility index (Phi) is 8.46. The lowest BCUT2D eigenvalue weighted by Gasteiger charge is -2.24. The molecule has 2 nitrogen and oxygen atoms in total. The first-order valence-electron chi connectivity index (χ1n) is 9.54. The highest BCUT2D eigenvalue weighted by atomic mass is 35.5. The second kappa shape index (κ2) is 10.4. The van der Waals surface area contributed by atoms with Crippen molar-refractivity contribution in [1.82, 2.24) is 0 Å². The summed E-state index contributed by atoms with van der Waals surface area (Å²) in [6.07, 6.45) is 2.15. The molecule has 0 fully saturated rings. The highest BCUT2D eigenvalue weighted by molar-refractivity contribution is 8.00. The zero-order chi connectivity index (χ0) is 21.7. The summed E-state index contributed by atoms with van der Waals surface area (Å²) in [5.41, 5.74) is 0.137. The van der Waals surface area contributed by atoms with Gasteiger partial charge in [-0.05, 0) is 36.5 Å². The topological polar surface area (TPSA) is 29.1 Å². The van der Waals surface area contributed by atoms with E-state index in [1.807, 2.05) is 0 Å². The molecule has 1 amide bonds. The zero-order valence-electron chi connectivity index (χ0n) is 16.9. The van der Waals surface area contributed by atoms with E-state index in [0.717, 1.165) is 29.9 Å². The molecule has 158 valence electrons. The Hall–Kier alpha value is -1.66. The molecule has 0 spiro atoms. The van der Waals surface area contributed by atoms with E-state index >= 15 is 0 Å². The lowest BCUT2D eigenvalue weighted by atomic mass is 9.92. The summed E-state index contributed by atoms with van der Waals surface area (Å²) in [6.45, 7) is 8.70. The third-order valence-electron chi connectivity index (χ3n) is 4.71. The maximum absolute atomic E-state index is 13.4. The smallest absolute Gasteiger partial charge is 0.255 e. The number of nitrogens with one attached hydrogen (secondary N) is 1. The van der Waals surface area contributed by atoms with Crippen LogP contribution < -0.4 is 5.32 Å². The van der Waals surface area contributed by atoms with Gasteiger partial charge >= 0.3 is 0 Å². The van der Waals surface area contributed by atoms with Gasteiger partial charge in [-0.2, -0.15) is 0 Å². The van der Waals surface area contributed by atoms with Crippen LogP contribution in [0.1, 0.15) is 50.9 Å². The molecule has 2 unspecified atom stereocenters. The summed E-state index contributed by atoms with van der Waals surface area (Å²) in [5, 5.41) is 3.23. The van der Waals surface area contributed by atoms with Gasteiger partial charge in [0.15, 0.2) is 17.5 Å². The van der Waals surface area contributed by atoms with Crippen molar-refractivity contribution in [1.29, 1.82) is 0 Å². The molecule has 0 saturated carbocycles. The van der Waals surface area contributed by atoms with E-state index in [0.29, 0.717) is 27.7 Å². The van der Waals surface area contributed by atoms with Gasteiger partial charge in [-0.3, -0.25) is 4.79 Å². The fourth-order valence-corrected chi connectivity index (χ4v) is 4.68. The van der Waals surface area contributed by atoms with Crippen molar-refractivity contribution in [2.24, 2.45) is 11.8 Å². The maximum Gasteiger partial charge on any atom is 0.255 e. The van der Waals surface area contributed by atoms with E-state index in [9.17, 15) is 18.0 Å². The molecule has 2 atom stereocenters. The minimum Gasteiger partial charge on any atom is -0.322 e. The fourth-order valence-electron chi connectivity index (χ4n) is 3.16. The molecule has 0 radical (unpaired) electrons. The standard InChI is InChI=1S/C22H25ClF3NOS/c1-5-14(8-12(2)3)13(4)29-20-9-15(6-7-17(20)23)22(28)27-16-10-18(24)21(26)19(25)11-16/h6-7,9-14H,5,8H2,1-4H3,(H,27,28). The summed E-state index contributed by atoms with van der Waals surface area (Å²) in [6, 6.07) is 6.30. The third kappa shape index (κ3) is 6.41. The Labute approximate surface area is 179 Å². The number of thioether (sulfide) groups is 1. The van der Waals surface area contributed by atoms with Gasteiger partial charge in [0.2, 0.25) is 0 Å². The van der Waals surface area contributed by atoms with Crippen LogP contribution in [0.15, 0.2) is 35.2 Å². The van der Waals surface area contributed by atoms with Crippen molar-refractivity contribution < 1.29 is 18.0 Å². The van der Waals surface area contributed by atoms with Crippen molar-refractivity contribution in [3.8, 4) is 0 Å². The van der Waals surface area contributed by atoms with E-state index < -0.39 is 23.4 Å². The monoisotopic (exact) mass is 443 g/mol. The van der Waals surface area contributed by atoms with Gasteiger partial charge in [-0.1, -0.05) is 45.7 Å². The average molecular weight is 444 g/mol. The molecular weight excluding hydrogens is 419 g/mol. The van der Waals surface area contributed by atoms with Crippen molar-refractivity contribution in [3.63, 3.8) is 0 Å². The van der Waals surface area contributed by atoms with E-state index in [2.05, 4.69) is 33.0 Å². The Balaban J connectivity index is 2.18. The number of halogens is 4. The summed E-state index contributed by atoms with van der Waals surface area (Å²) in [4.78, 5) is 13.3. The van der Waals surface area contributed by atoms with E-state index in [-0.39, 0.29) is 5.69 Å². The Bertz CT molecular complexity index is 852. The molecule has 0 aliphatic rings. The Morgan fingerprint density at radius 1 is 1.10 bits per heavy atom. The van der Waals surface area contributed by atoms with Crippen LogP contribution in [0.4, 0.5) is 18.9 Å². The fraction of sp³-hybridized carbons (Fsp3) is 0.409. The summed E-state index contributed by atoms with van der Waals surface area (Å²) in [7, 11) is 0. The molecule has 0 saturated heterocycles. The van der Waals surface area contributed by atoms with Crippen molar-refractivity contribution >= 4 is 35.0 Å². The number of carbonyl (C=O) groups is 1. The van der Waals surface area contributed by atoms with Crippen molar-refractivity contribution in [2.45, 2.75) is 50.7 Å². The molecule has 7 heteroatoms. The number of benzene rings is 2. The largest absolute Gasteiger partial charge is 0.322 e. The van der Waals surface area contributed by atoms with Crippen LogP contribution in [0.2, 0.25) is 5.02 Å². The van der Waals surface area contributed by atoms with Gasteiger partial charge in [0, 0.05) is 33.5 Å². The van der Waals surface area contributed by atoms with Crippen LogP contribution >= 0.6 is 23.4 Å². The number of hydrogen-bond acceptors (Lipinski definition) is 2. The van der Waals surface area contributed by atoms with Crippen molar-refractivity contribution in [3.05, 3.63) is 58.4 Å². The van der Waals surface area contributed by atoms with Crippen LogP contribution in [0, 0.1) is 29.3 Å². The normalized spacial score (nSPS) is 13.4. The zero-order valence-corrected chi connectivity index (χ0v) is 18.4. The summed E-state index contributed by atoms with van der Waals surface area (Å²) >= 11 is 7.93. The van der Waals surface area contributed by atoms with Crippen LogP contribution in [0.3, 0.4) is 0 Å². The average Bonchev–Trinajstić information content (AvgIpc) is 2.65. The number of carbonyl (C=O) groups excluding carboxylic acids is 1. The van der Waals surface area contributed by atoms with Gasteiger partial charge in [-0.15, -0.1) is 11.8 Å². The van der Waals surface area contributed by atoms with Gasteiger partial charge in [-0.25, -0.2) is 13.2 Å². The minimum absolute atomic E-state index is 0.160. The first-order valence-corrected chi connectivity index (χ1v) is 10.8. The van der Waals surface area contributed by atoms with Gasteiger partial charge in [0.25, 0.3) is 5.91 Å². The first-order chi connectivity index (χ1) is 13.6. The van der Waals surface area contributed by atoms with Gasteiger partial charge in [0.05, 0.1) is 5.02 Å². The predicted molar refractivity (Wildman–Crippen MR) is 114 cm³/mol. The molecule has 0 aliphatic heterocycles. The van der Waals surface area contributed by atoms with Crippen LogP contribution in [-0.2, 0) is 0 Å². The first kappa shape index (κ1) is 23.6. The minimum atomic E-state index is -1.57. The number of rotatable bonds is 8. The molecule has 29 heavy (non-hydrogen) atoms.